The number of nitrogens with one attached hydrogen (secondary N) is 1. The molecule has 3 aromatic carbocycles. The van der Waals surface area contributed by atoms with E-state index in [4.69, 9.17) is 4.74 Å². The molecule has 0 bridgehead atoms. The lowest BCUT2D eigenvalue weighted by molar-refractivity contribution is -0.128. The van der Waals surface area contributed by atoms with Crippen molar-refractivity contribution >= 4 is 40.1 Å². The maximum atomic E-state index is 13.2. The fraction of sp³-hybridized carbons (Fsp3) is 0.160. The van der Waals surface area contributed by atoms with Gasteiger partial charge in [0.05, 0.1) is 19.3 Å². The third-order valence-corrected chi connectivity index (χ3v) is 6.10. The molecule has 0 unspecified atom stereocenters. The van der Waals surface area contributed by atoms with Crippen LogP contribution >= 0.6 is 11.8 Å². The molecule has 1 aliphatic heterocycles. The number of carbonyl (C=O) groups is 2. The number of para-hydroxylation sites is 1. The van der Waals surface area contributed by atoms with E-state index < -0.39 is 5.25 Å². The Morgan fingerprint density at radius 1 is 1.00 bits per heavy atom. The summed E-state index contributed by atoms with van der Waals surface area (Å²) in [4.78, 5) is 32.2. The highest BCUT2D eigenvalue weighted by molar-refractivity contribution is 8.15. The van der Waals surface area contributed by atoms with Gasteiger partial charge in [-0.05, 0) is 42.0 Å². The third kappa shape index (κ3) is 5.36. The number of nitrogens with zero attached hydrogens (tertiary/aromatic N) is 2. The summed E-state index contributed by atoms with van der Waals surface area (Å²) >= 11 is 1.33. The Kier molecular flexibility index (Phi) is 6.87. The lowest BCUT2D eigenvalue weighted by Gasteiger charge is -2.16. The molecule has 1 atom stereocenters. The average Bonchev–Trinajstić information content (AvgIpc) is 3.09. The third-order valence-electron chi connectivity index (χ3n) is 4.93. The first-order valence-corrected chi connectivity index (χ1v) is 11.1. The summed E-state index contributed by atoms with van der Waals surface area (Å²) < 4.78 is 5.14. The number of ether oxygens (including phenoxy) is 1. The quantitative estimate of drug-likeness (QED) is 0.564. The topological polar surface area (TPSA) is 71.0 Å². The summed E-state index contributed by atoms with van der Waals surface area (Å²) in [7, 11) is 1.59. The summed E-state index contributed by atoms with van der Waals surface area (Å²) in [5, 5.41) is 2.93. The second-order valence-electron chi connectivity index (χ2n) is 7.23. The highest BCUT2D eigenvalue weighted by Gasteiger charge is 2.39. The number of benzene rings is 3. The van der Waals surface area contributed by atoms with Crippen LogP contribution in [0.2, 0.25) is 0 Å². The van der Waals surface area contributed by atoms with Gasteiger partial charge >= 0.3 is 0 Å². The first kappa shape index (κ1) is 21.6. The second kappa shape index (κ2) is 10.2. The van der Waals surface area contributed by atoms with Gasteiger partial charge in [0.25, 0.3) is 0 Å². The number of amides is 2. The van der Waals surface area contributed by atoms with Crippen molar-refractivity contribution in [3.8, 4) is 5.75 Å². The molecule has 162 valence electrons. The van der Waals surface area contributed by atoms with E-state index >= 15 is 0 Å². The molecule has 32 heavy (non-hydrogen) atoms. The molecule has 3 aromatic rings. The predicted molar refractivity (Wildman–Crippen MR) is 128 cm³/mol. The molecule has 0 radical (unpaired) electrons. The zero-order valence-corrected chi connectivity index (χ0v) is 18.4. The van der Waals surface area contributed by atoms with Crippen LogP contribution in [0.25, 0.3) is 0 Å². The molecule has 1 saturated heterocycles. The Morgan fingerprint density at radius 2 is 1.66 bits per heavy atom. The van der Waals surface area contributed by atoms with Gasteiger partial charge in [-0.25, -0.2) is 4.99 Å². The SMILES string of the molecule is COc1ccc(NC(=O)C[C@H]2SC(=Nc3ccccc3)N(Cc3ccccc3)C2=O)cc1. The van der Waals surface area contributed by atoms with Gasteiger partial charge in [-0.2, -0.15) is 0 Å². The summed E-state index contributed by atoms with van der Waals surface area (Å²) in [6.07, 6.45) is 0.0641. The maximum absolute atomic E-state index is 13.2. The number of anilines is 1. The number of methoxy groups -OCH3 is 1. The Bertz CT molecular complexity index is 1100. The Hall–Kier alpha value is -3.58. The number of amidine groups is 1. The summed E-state index contributed by atoms with van der Waals surface area (Å²) in [5.41, 5.74) is 2.43. The van der Waals surface area contributed by atoms with Crippen LogP contribution in [0, 0.1) is 0 Å². The molecular weight excluding hydrogens is 422 g/mol. The number of rotatable bonds is 7. The zero-order valence-electron chi connectivity index (χ0n) is 17.6. The van der Waals surface area contributed by atoms with Crippen molar-refractivity contribution in [3.05, 3.63) is 90.5 Å². The average molecular weight is 446 g/mol. The van der Waals surface area contributed by atoms with Gasteiger partial charge in [-0.15, -0.1) is 0 Å². The van der Waals surface area contributed by atoms with E-state index in [1.165, 1.54) is 11.8 Å². The largest absolute Gasteiger partial charge is 0.497 e. The van der Waals surface area contributed by atoms with Crippen LogP contribution in [-0.4, -0.2) is 34.2 Å². The molecule has 0 saturated carbocycles. The van der Waals surface area contributed by atoms with Crippen molar-refractivity contribution in [1.82, 2.24) is 4.90 Å². The fourth-order valence-electron chi connectivity index (χ4n) is 3.30. The molecular formula is C25H23N3O3S. The van der Waals surface area contributed by atoms with Crippen LogP contribution in [0.3, 0.4) is 0 Å². The summed E-state index contributed by atoms with van der Waals surface area (Å²) in [5.74, 6) is 0.378. The fourth-order valence-corrected chi connectivity index (χ4v) is 4.46. The molecule has 1 fully saturated rings. The number of thioether (sulfide) groups is 1. The minimum Gasteiger partial charge on any atom is -0.497 e. The first-order chi connectivity index (χ1) is 15.6. The van der Waals surface area contributed by atoms with Crippen molar-refractivity contribution in [2.45, 2.75) is 18.2 Å². The Morgan fingerprint density at radius 3 is 2.31 bits per heavy atom. The number of hydrogen-bond donors (Lipinski definition) is 1. The monoisotopic (exact) mass is 445 g/mol. The van der Waals surface area contributed by atoms with Gasteiger partial charge in [0, 0.05) is 12.1 Å². The first-order valence-electron chi connectivity index (χ1n) is 10.2. The van der Waals surface area contributed by atoms with E-state index in [9.17, 15) is 9.59 Å². The van der Waals surface area contributed by atoms with Crippen molar-refractivity contribution < 1.29 is 14.3 Å². The molecule has 1 heterocycles. The second-order valence-corrected chi connectivity index (χ2v) is 8.40. The van der Waals surface area contributed by atoms with E-state index in [0.29, 0.717) is 23.1 Å². The number of hydrogen-bond acceptors (Lipinski definition) is 5. The van der Waals surface area contributed by atoms with Crippen LogP contribution in [0.15, 0.2) is 89.9 Å². The maximum Gasteiger partial charge on any atom is 0.242 e. The molecule has 1 N–H and O–H groups in total. The lowest BCUT2D eigenvalue weighted by Crippen LogP contribution is -2.33. The van der Waals surface area contributed by atoms with E-state index in [1.54, 1.807) is 36.3 Å². The molecule has 0 spiro atoms. The molecule has 0 aromatic heterocycles. The van der Waals surface area contributed by atoms with Gasteiger partial charge in [0.2, 0.25) is 11.8 Å². The van der Waals surface area contributed by atoms with Crippen LogP contribution in [0.5, 0.6) is 5.75 Å². The van der Waals surface area contributed by atoms with Gasteiger partial charge in [-0.1, -0.05) is 60.3 Å². The van der Waals surface area contributed by atoms with Gasteiger partial charge in [0.1, 0.15) is 11.0 Å². The number of carbonyl (C=O) groups excluding carboxylic acids is 2. The van der Waals surface area contributed by atoms with E-state index in [0.717, 1.165) is 11.3 Å². The molecule has 0 aliphatic carbocycles. The molecule has 4 rings (SSSR count). The van der Waals surface area contributed by atoms with Crippen molar-refractivity contribution in [2.75, 3.05) is 12.4 Å². The minimum absolute atomic E-state index is 0.0641. The van der Waals surface area contributed by atoms with Crippen LogP contribution in [0.4, 0.5) is 11.4 Å². The van der Waals surface area contributed by atoms with Crippen LogP contribution < -0.4 is 10.1 Å². The van der Waals surface area contributed by atoms with Crippen LogP contribution in [-0.2, 0) is 16.1 Å². The predicted octanol–water partition coefficient (Wildman–Crippen LogP) is 4.86. The van der Waals surface area contributed by atoms with Crippen LogP contribution in [0.1, 0.15) is 12.0 Å². The smallest absolute Gasteiger partial charge is 0.242 e. The molecule has 7 heteroatoms. The summed E-state index contributed by atoms with van der Waals surface area (Å²) in [6, 6.07) is 26.4. The van der Waals surface area contributed by atoms with E-state index in [1.807, 2.05) is 60.7 Å². The Labute approximate surface area is 191 Å². The van der Waals surface area contributed by atoms with Gasteiger partial charge in [-0.3, -0.25) is 14.5 Å². The van der Waals surface area contributed by atoms with Crippen molar-refractivity contribution in [2.24, 2.45) is 4.99 Å². The normalized spacial score (nSPS) is 16.9. The Balaban J connectivity index is 1.50. The standard InChI is InChI=1S/C25H23N3O3S/c1-31-21-14-12-20(13-15-21)26-23(29)16-22-24(30)28(17-18-8-4-2-5-9-18)25(32-22)27-19-10-6-3-7-11-19/h2-15,22H,16-17H2,1H3,(H,26,29)/t22-/m1/s1. The van der Waals surface area contributed by atoms with Crippen molar-refractivity contribution in [3.63, 3.8) is 0 Å². The van der Waals surface area contributed by atoms with E-state index in [2.05, 4.69) is 10.3 Å². The molecule has 2 amide bonds. The lowest BCUT2D eigenvalue weighted by atomic mass is 10.2. The highest BCUT2D eigenvalue weighted by Crippen LogP contribution is 2.33. The van der Waals surface area contributed by atoms with Gasteiger partial charge < -0.3 is 10.1 Å². The van der Waals surface area contributed by atoms with E-state index in [-0.39, 0.29) is 18.2 Å². The summed E-state index contributed by atoms with van der Waals surface area (Å²) in [6.45, 7) is 0.412. The molecule has 6 nitrogen and oxygen atoms in total. The number of aliphatic imine (C=N–C) groups is 1. The zero-order chi connectivity index (χ0) is 22.3. The molecule has 1 aliphatic rings. The minimum atomic E-state index is -0.528. The van der Waals surface area contributed by atoms with Crippen molar-refractivity contribution in [1.29, 1.82) is 0 Å². The highest BCUT2D eigenvalue weighted by atomic mass is 32.2. The van der Waals surface area contributed by atoms with Gasteiger partial charge in [0.15, 0.2) is 5.17 Å².